The molecule has 0 radical (unpaired) electrons. The molecule has 0 spiro atoms. The number of rotatable bonds is 14. The molecule has 0 heterocycles. The van der Waals surface area contributed by atoms with Gasteiger partial charge in [-0.1, -0.05) is 77.6 Å². The second kappa shape index (κ2) is 14.3. The molecular formula is C28H34F4O. The third-order valence-corrected chi connectivity index (χ3v) is 4.54. The highest BCUT2D eigenvalue weighted by atomic mass is 19.2. The van der Waals surface area contributed by atoms with Gasteiger partial charge in [-0.25, -0.2) is 17.6 Å². The second-order valence-electron chi connectivity index (χ2n) is 7.87. The molecule has 1 nitrogen and oxygen atoms in total. The van der Waals surface area contributed by atoms with Crippen molar-refractivity contribution in [3.63, 3.8) is 0 Å². The molecule has 0 aromatic heterocycles. The first-order valence-corrected chi connectivity index (χ1v) is 10.4. The van der Waals surface area contributed by atoms with Gasteiger partial charge in [-0.15, -0.1) is 0 Å². The summed E-state index contributed by atoms with van der Waals surface area (Å²) in [7, 11) is 0. The van der Waals surface area contributed by atoms with Crippen molar-refractivity contribution in [2.75, 3.05) is 6.61 Å². The van der Waals surface area contributed by atoms with Gasteiger partial charge in [0.25, 0.3) is 0 Å². The summed E-state index contributed by atoms with van der Waals surface area (Å²) in [5.74, 6) is -4.54. The molecule has 0 saturated heterocycles. The molecule has 33 heavy (non-hydrogen) atoms. The van der Waals surface area contributed by atoms with E-state index in [4.69, 9.17) is 4.74 Å². The lowest BCUT2D eigenvalue weighted by molar-refractivity contribution is 0.0690. The fraction of sp³-hybridized carbons (Fsp3) is 0.286. The normalized spacial score (nSPS) is 14.2. The molecule has 5 heteroatoms. The van der Waals surface area contributed by atoms with Gasteiger partial charge in [-0.2, -0.15) is 0 Å². The van der Waals surface area contributed by atoms with Crippen molar-refractivity contribution in [1.82, 2.24) is 0 Å². The first kappa shape index (κ1) is 30.1. The average molecular weight is 463 g/mol. The van der Waals surface area contributed by atoms with E-state index in [1.54, 1.807) is 26.0 Å². The van der Waals surface area contributed by atoms with Crippen LogP contribution in [0.2, 0.25) is 0 Å². The van der Waals surface area contributed by atoms with E-state index in [1.165, 1.54) is 12.2 Å². The number of ether oxygens (including phenoxy) is 1. The molecule has 0 N–H and O–H groups in total. The molecule has 0 aromatic rings. The third kappa shape index (κ3) is 9.62. The number of halogens is 4. The molecule has 0 aromatic carbocycles. The van der Waals surface area contributed by atoms with E-state index in [0.717, 1.165) is 0 Å². The molecule has 0 saturated carbocycles. The van der Waals surface area contributed by atoms with Crippen LogP contribution < -0.4 is 0 Å². The molecule has 0 aliphatic heterocycles. The Morgan fingerprint density at radius 2 is 1.21 bits per heavy atom. The van der Waals surface area contributed by atoms with Gasteiger partial charge in [0.1, 0.15) is 0 Å². The summed E-state index contributed by atoms with van der Waals surface area (Å²) in [5.41, 5.74) is -0.833. The van der Waals surface area contributed by atoms with E-state index < -0.39 is 29.4 Å². The SMILES string of the molecule is C=C(/C=C\C(=C)C(=C)/C(F)=C(/F)C(=C)C(C)OCC(C)C)C(=C)/C(F)=C(/F)C(=C)C/C=C\C. The predicted octanol–water partition coefficient (Wildman–Crippen LogP) is 9.21. The lowest BCUT2D eigenvalue weighted by Crippen LogP contribution is -2.15. The molecule has 0 rings (SSSR count). The van der Waals surface area contributed by atoms with Crippen LogP contribution in [0, 0.1) is 5.92 Å². The Kier molecular flexibility index (Phi) is 13.0. The van der Waals surface area contributed by atoms with E-state index in [1.807, 2.05) is 13.8 Å². The zero-order valence-corrected chi connectivity index (χ0v) is 20.0. The summed E-state index contributed by atoms with van der Waals surface area (Å²) < 4.78 is 63.1. The van der Waals surface area contributed by atoms with Gasteiger partial charge in [0.05, 0.1) is 6.10 Å². The van der Waals surface area contributed by atoms with Crippen LogP contribution in [-0.2, 0) is 4.74 Å². The molecule has 180 valence electrons. The van der Waals surface area contributed by atoms with Gasteiger partial charge >= 0.3 is 0 Å². The fourth-order valence-corrected chi connectivity index (χ4v) is 2.21. The highest BCUT2D eigenvalue weighted by Gasteiger charge is 2.20. The molecule has 0 aliphatic rings. The number of hydrogen-bond acceptors (Lipinski definition) is 1. The molecule has 0 amide bonds. The van der Waals surface area contributed by atoms with E-state index in [-0.39, 0.29) is 45.8 Å². The standard InChI is InChI=1S/C28H34F4O/c1-11-12-13-20(6)25(29)26(30)21(7)18(4)14-15-19(5)22(8)27(31)28(32)23(9)24(10)33-16-17(2)3/h11-12,14-15,17,24H,4-9,13,16H2,1-3,10H3/b12-11-,15-14-,26-25-,28-27-. The van der Waals surface area contributed by atoms with Crippen LogP contribution in [0.15, 0.2) is 121 Å². The number of hydrogen-bond donors (Lipinski definition) is 0. The zero-order chi connectivity index (χ0) is 25.9. The summed E-state index contributed by atoms with van der Waals surface area (Å²) in [4.78, 5) is 0. The minimum Gasteiger partial charge on any atom is -0.373 e. The van der Waals surface area contributed by atoms with Crippen molar-refractivity contribution < 1.29 is 22.3 Å². The van der Waals surface area contributed by atoms with Gasteiger partial charge in [0, 0.05) is 23.3 Å². The maximum Gasteiger partial charge on any atom is 0.166 e. The fourth-order valence-electron chi connectivity index (χ4n) is 2.21. The van der Waals surface area contributed by atoms with Crippen LogP contribution >= 0.6 is 0 Å². The molecule has 1 atom stereocenters. The van der Waals surface area contributed by atoms with E-state index in [0.29, 0.717) is 6.61 Å². The summed E-state index contributed by atoms with van der Waals surface area (Å²) in [6.45, 7) is 28.9. The van der Waals surface area contributed by atoms with Gasteiger partial charge in [-0.05, 0) is 42.9 Å². The molecule has 1 unspecified atom stereocenters. The van der Waals surface area contributed by atoms with E-state index in [9.17, 15) is 17.6 Å². The van der Waals surface area contributed by atoms with Gasteiger partial charge in [-0.3, -0.25) is 0 Å². The van der Waals surface area contributed by atoms with Crippen LogP contribution in [0.1, 0.15) is 34.1 Å². The summed E-state index contributed by atoms with van der Waals surface area (Å²) in [6.07, 6.45) is 5.25. The predicted molar refractivity (Wildman–Crippen MR) is 132 cm³/mol. The Bertz CT molecular complexity index is 939. The van der Waals surface area contributed by atoms with Crippen molar-refractivity contribution >= 4 is 0 Å². The van der Waals surface area contributed by atoms with Crippen LogP contribution in [0.5, 0.6) is 0 Å². The van der Waals surface area contributed by atoms with Crippen molar-refractivity contribution in [3.05, 3.63) is 121 Å². The Labute approximate surface area is 195 Å². The minimum absolute atomic E-state index is 0.00232. The quantitative estimate of drug-likeness (QED) is 0.142. The summed E-state index contributed by atoms with van der Waals surface area (Å²) >= 11 is 0. The van der Waals surface area contributed by atoms with Crippen molar-refractivity contribution in [1.29, 1.82) is 0 Å². The van der Waals surface area contributed by atoms with Crippen LogP contribution in [-0.4, -0.2) is 12.7 Å². The first-order chi connectivity index (χ1) is 15.3. The van der Waals surface area contributed by atoms with Crippen molar-refractivity contribution in [3.8, 4) is 0 Å². The zero-order valence-electron chi connectivity index (χ0n) is 20.0. The van der Waals surface area contributed by atoms with E-state index >= 15 is 0 Å². The molecule has 0 fully saturated rings. The third-order valence-electron chi connectivity index (χ3n) is 4.54. The highest BCUT2D eigenvalue weighted by molar-refractivity contribution is 5.54. The summed E-state index contributed by atoms with van der Waals surface area (Å²) in [5, 5.41) is 0. The topological polar surface area (TPSA) is 9.23 Å². The first-order valence-electron chi connectivity index (χ1n) is 10.4. The minimum atomic E-state index is -1.24. The van der Waals surface area contributed by atoms with E-state index in [2.05, 4.69) is 39.5 Å². The maximum atomic E-state index is 14.6. The van der Waals surface area contributed by atoms with Crippen LogP contribution in [0.4, 0.5) is 17.6 Å². The second-order valence-corrected chi connectivity index (χ2v) is 7.87. The monoisotopic (exact) mass is 462 g/mol. The summed E-state index contributed by atoms with van der Waals surface area (Å²) in [6, 6.07) is 0. The largest absolute Gasteiger partial charge is 0.373 e. The molecular weight excluding hydrogens is 428 g/mol. The van der Waals surface area contributed by atoms with Gasteiger partial charge < -0.3 is 4.74 Å². The number of allylic oxidation sites excluding steroid dienone is 12. The maximum absolute atomic E-state index is 14.6. The molecule has 0 aliphatic carbocycles. The average Bonchev–Trinajstić information content (AvgIpc) is 2.80. The Morgan fingerprint density at radius 3 is 1.64 bits per heavy atom. The van der Waals surface area contributed by atoms with Crippen molar-refractivity contribution in [2.45, 2.75) is 40.2 Å². The Balaban J connectivity index is 5.38. The lowest BCUT2D eigenvalue weighted by atomic mass is 10.0. The Morgan fingerprint density at radius 1 is 0.758 bits per heavy atom. The van der Waals surface area contributed by atoms with Crippen LogP contribution in [0.3, 0.4) is 0 Å². The van der Waals surface area contributed by atoms with Crippen LogP contribution in [0.25, 0.3) is 0 Å². The molecule has 0 bridgehead atoms. The smallest absolute Gasteiger partial charge is 0.166 e. The van der Waals surface area contributed by atoms with Gasteiger partial charge in [0.2, 0.25) is 0 Å². The lowest BCUT2D eigenvalue weighted by Gasteiger charge is -2.17. The van der Waals surface area contributed by atoms with Crippen molar-refractivity contribution in [2.24, 2.45) is 5.92 Å². The Hall–Kier alpha value is -2.92. The highest BCUT2D eigenvalue weighted by Crippen LogP contribution is 2.30. The van der Waals surface area contributed by atoms with Gasteiger partial charge in [0.15, 0.2) is 23.3 Å².